The van der Waals surface area contributed by atoms with Gasteiger partial charge < -0.3 is 4.74 Å². The van der Waals surface area contributed by atoms with Crippen LogP contribution in [-0.4, -0.2) is 6.10 Å². The average molecular weight is 230 g/mol. The predicted molar refractivity (Wildman–Crippen MR) is 72.6 cm³/mol. The summed E-state index contributed by atoms with van der Waals surface area (Å²) in [5.74, 6) is 3.00. The third kappa shape index (κ3) is 6.68. The van der Waals surface area contributed by atoms with Gasteiger partial charge in [-0.1, -0.05) is 44.4 Å². The SMILES string of the molecule is CCCCCCC(C)OC#Cc1ccccc1. The zero-order chi connectivity index (χ0) is 12.3. The maximum Gasteiger partial charge on any atom is 0.115 e. The summed E-state index contributed by atoms with van der Waals surface area (Å²) in [5.41, 5.74) is 1.01. The van der Waals surface area contributed by atoms with Crippen LogP contribution < -0.4 is 0 Å². The van der Waals surface area contributed by atoms with Gasteiger partial charge in [-0.3, -0.25) is 0 Å². The van der Waals surface area contributed by atoms with Crippen LogP contribution in [-0.2, 0) is 4.74 Å². The Morgan fingerprint density at radius 2 is 1.88 bits per heavy atom. The van der Waals surface area contributed by atoms with Gasteiger partial charge in [0.1, 0.15) is 12.2 Å². The van der Waals surface area contributed by atoms with E-state index in [-0.39, 0.29) is 6.10 Å². The first-order chi connectivity index (χ1) is 8.33. The molecule has 0 N–H and O–H groups in total. The molecule has 1 rings (SSSR count). The van der Waals surface area contributed by atoms with Crippen molar-refractivity contribution in [3.05, 3.63) is 35.9 Å². The van der Waals surface area contributed by atoms with Crippen LogP contribution in [0.3, 0.4) is 0 Å². The second-order valence-corrected chi connectivity index (χ2v) is 4.37. The Morgan fingerprint density at radius 3 is 2.59 bits per heavy atom. The highest BCUT2D eigenvalue weighted by molar-refractivity contribution is 5.32. The summed E-state index contributed by atoms with van der Waals surface area (Å²) < 4.78 is 5.47. The fraction of sp³-hybridized carbons (Fsp3) is 0.500. The molecule has 0 fully saturated rings. The van der Waals surface area contributed by atoms with E-state index in [1.807, 2.05) is 30.3 Å². The predicted octanol–water partition coefficient (Wildman–Crippen LogP) is 4.37. The first-order valence-electron chi connectivity index (χ1n) is 6.54. The highest BCUT2D eigenvalue weighted by atomic mass is 16.5. The lowest BCUT2D eigenvalue weighted by Gasteiger charge is -2.07. The van der Waals surface area contributed by atoms with Crippen LogP contribution in [0.2, 0.25) is 0 Å². The second kappa shape index (κ2) is 8.70. The number of hydrogen-bond acceptors (Lipinski definition) is 1. The third-order valence-corrected chi connectivity index (χ3v) is 2.69. The largest absolute Gasteiger partial charge is 0.443 e. The summed E-state index contributed by atoms with van der Waals surface area (Å²) >= 11 is 0. The minimum atomic E-state index is 0.239. The number of hydrogen-bond donors (Lipinski definition) is 0. The van der Waals surface area contributed by atoms with Crippen molar-refractivity contribution in [1.29, 1.82) is 0 Å². The Bertz CT molecular complexity index is 345. The van der Waals surface area contributed by atoms with Crippen LogP contribution >= 0.6 is 0 Å². The maximum atomic E-state index is 5.47. The fourth-order valence-electron chi connectivity index (χ4n) is 1.63. The van der Waals surface area contributed by atoms with Gasteiger partial charge in [0.2, 0.25) is 0 Å². The highest BCUT2D eigenvalue weighted by Gasteiger charge is 1.99. The summed E-state index contributed by atoms with van der Waals surface area (Å²) in [5, 5.41) is 0. The molecule has 92 valence electrons. The smallest absolute Gasteiger partial charge is 0.115 e. The Balaban J connectivity index is 2.19. The molecule has 1 atom stereocenters. The van der Waals surface area contributed by atoms with Gasteiger partial charge in [0.15, 0.2) is 0 Å². The zero-order valence-electron chi connectivity index (χ0n) is 10.9. The first kappa shape index (κ1) is 13.6. The number of benzene rings is 1. The molecule has 0 heterocycles. The van der Waals surface area contributed by atoms with Crippen LogP contribution in [0.25, 0.3) is 0 Å². The summed E-state index contributed by atoms with van der Waals surface area (Å²) in [6.07, 6.45) is 9.27. The van der Waals surface area contributed by atoms with Gasteiger partial charge in [-0.25, -0.2) is 0 Å². The molecule has 1 nitrogen and oxygen atoms in total. The van der Waals surface area contributed by atoms with Crippen molar-refractivity contribution in [3.63, 3.8) is 0 Å². The van der Waals surface area contributed by atoms with Crippen molar-refractivity contribution in [2.75, 3.05) is 0 Å². The monoisotopic (exact) mass is 230 g/mol. The van der Waals surface area contributed by atoms with E-state index in [0.717, 1.165) is 12.0 Å². The Kier molecular flexibility index (Phi) is 6.98. The van der Waals surface area contributed by atoms with Gasteiger partial charge in [-0.2, -0.15) is 0 Å². The molecule has 0 aliphatic rings. The van der Waals surface area contributed by atoms with Crippen LogP contribution in [0.15, 0.2) is 30.3 Å². The Morgan fingerprint density at radius 1 is 1.12 bits per heavy atom. The van der Waals surface area contributed by atoms with Gasteiger partial charge >= 0.3 is 0 Å². The Hall–Kier alpha value is -1.42. The van der Waals surface area contributed by atoms with Gasteiger partial charge in [0.25, 0.3) is 0 Å². The maximum absolute atomic E-state index is 5.47. The molecule has 0 saturated heterocycles. The second-order valence-electron chi connectivity index (χ2n) is 4.37. The summed E-state index contributed by atoms with van der Waals surface area (Å²) in [6.45, 7) is 4.32. The first-order valence-corrected chi connectivity index (χ1v) is 6.54. The summed E-state index contributed by atoms with van der Waals surface area (Å²) in [4.78, 5) is 0. The molecule has 0 radical (unpaired) electrons. The molecule has 1 aromatic rings. The van der Waals surface area contributed by atoms with Gasteiger partial charge in [0, 0.05) is 5.56 Å². The van der Waals surface area contributed by atoms with Crippen LogP contribution in [0, 0.1) is 12.0 Å². The lowest BCUT2D eigenvalue weighted by atomic mass is 10.1. The zero-order valence-corrected chi connectivity index (χ0v) is 10.9. The van der Waals surface area contributed by atoms with Crippen LogP contribution in [0.1, 0.15) is 51.5 Å². The summed E-state index contributed by atoms with van der Waals surface area (Å²) in [7, 11) is 0. The molecule has 0 amide bonds. The van der Waals surface area contributed by atoms with E-state index in [2.05, 4.69) is 25.9 Å². The van der Waals surface area contributed by atoms with E-state index in [9.17, 15) is 0 Å². The van der Waals surface area contributed by atoms with E-state index in [1.54, 1.807) is 0 Å². The fourth-order valence-corrected chi connectivity index (χ4v) is 1.63. The Labute approximate surface area is 105 Å². The molecule has 0 spiro atoms. The number of unbranched alkanes of at least 4 members (excludes halogenated alkanes) is 3. The molecular formula is C16H22O. The molecule has 0 bridgehead atoms. The topological polar surface area (TPSA) is 9.23 Å². The van der Waals surface area contributed by atoms with Crippen molar-refractivity contribution in [1.82, 2.24) is 0 Å². The van der Waals surface area contributed by atoms with Crippen LogP contribution in [0.4, 0.5) is 0 Å². The molecular weight excluding hydrogens is 208 g/mol. The van der Waals surface area contributed by atoms with Gasteiger partial charge in [-0.05, 0) is 37.8 Å². The van der Waals surface area contributed by atoms with E-state index in [1.165, 1.54) is 25.7 Å². The van der Waals surface area contributed by atoms with Crippen molar-refractivity contribution in [2.24, 2.45) is 0 Å². The molecule has 0 aliphatic carbocycles. The minimum Gasteiger partial charge on any atom is -0.443 e. The van der Waals surface area contributed by atoms with E-state index < -0.39 is 0 Å². The van der Waals surface area contributed by atoms with Crippen molar-refractivity contribution in [2.45, 2.75) is 52.1 Å². The average Bonchev–Trinajstić information content (AvgIpc) is 2.36. The van der Waals surface area contributed by atoms with E-state index in [4.69, 9.17) is 4.74 Å². The van der Waals surface area contributed by atoms with Crippen LogP contribution in [0.5, 0.6) is 0 Å². The van der Waals surface area contributed by atoms with Crippen molar-refractivity contribution < 1.29 is 4.74 Å². The molecule has 1 unspecified atom stereocenters. The molecule has 1 aromatic carbocycles. The van der Waals surface area contributed by atoms with Gasteiger partial charge in [0.05, 0.1) is 0 Å². The number of ether oxygens (including phenoxy) is 1. The molecule has 17 heavy (non-hydrogen) atoms. The van der Waals surface area contributed by atoms with Crippen molar-refractivity contribution in [3.8, 4) is 12.0 Å². The standard InChI is InChI=1S/C16H22O/c1-3-4-5-7-10-15(2)17-14-13-16-11-8-6-9-12-16/h6,8-9,11-12,15H,3-5,7,10H2,1-2H3. The lowest BCUT2D eigenvalue weighted by Crippen LogP contribution is -2.03. The highest BCUT2D eigenvalue weighted by Crippen LogP contribution is 2.07. The molecule has 0 aliphatic heterocycles. The summed E-state index contributed by atoms with van der Waals surface area (Å²) in [6, 6.07) is 9.93. The van der Waals surface area contributed by atoms with E-state index in [0.29, 0.717) is 0 Å². The molecule has 0 aromatic heterocycles. The third-order valence-electron chi connectivity index (χ3n) is 2.69. The van der Waals surface area contributed by atoms with Gasteiger partial charge in [-0.15, -0.1) is 0 Å². The minimum absolute atomic E-state index is 0.239. The quantitative estimate of drug-likeness (QED) is 0.521. The molecule has 0 saturated carbocycles. The molecule has 1 heteroatoms. The van der Waals surface area contributed by atoms with Crippen molar-refractivity contribution >= 4 is 0 Å². The normalized spacial score (nSPS) is 11.4. The van der Waals surface area contributed by atoms with E-state index >= 15 is 0 Å². The lowest BCUT2D eigenvalue weighted by molar-refractivity contribution is 0.171. The number of rotatable bonds is 6.